The predicted molar refractivity (Wildman–Crippen MR) is 73.3 cm³/mol. The molecule has 2 unspecified atom stereocenters. The Labute approximate surface area is 115 Å². The van der Waals surface area contributed by atoms with Gasteiger partial charge in [-0.1, -0.05) is 32.1 Å². The Kier molecular flexibility index (Phi) is 3.64. The van der Waals surface area contributed by atoms with Crippen molar-refractivity contribution in [2.75, 3.05) is 0 Å². The van der Waals surface area contributed by atoms with Crippen LogP contribution in [0, 0.1) is 17.8 Å². The molecule has 3 heteroatoms. The zero-order valence-electron chi connectivity index (χ0n) is 11.9. The summed E-state index contributed by atoms with van der Waals surface area (Å²) < 4.78 is 0. The molecule has 1 aliphatic heterocycles. The summed E-state index contributed by atoms with van der Waals surface area (Å²) in [6.07, 6.45) is 10.2. The third-order valence-corrected chi connectivity index (χ3v) is 5.53. The maximum atomic E-state index is 12.5. The molecule has 0 aromatic carbocycles. The van der Waals surface area contributed by atoms with Crippen LogP contribution in [0.3, 0.4) is 0 Å². The van der Waals surface area contributed by atoms with Gasteiger partial charge < -0.3 is 0 Å². The lowest BCUT2D eigenvalue weighted by Crippen LogP contribution is -2.40. The van der Waals surface area contributed by atoms with Crippen LogP contribution >= 0.6 is 0 Å². The highest BCUT2D eigenvalue weighted by Crippen LogP contribution is 2.39. The van der Waals surface area contributed by atoms with Crippen LogP contribution < -0.4 is 0 Å². The van der Waals surface area contributed by atoms with E-state index in [1.807, 2.05) is 0 Å². The van der Waals surface area contributed by atoms with Crippen molar-refractivity contribution in [2.45, 2.75) is 70.8 Å². The Hall–Kier alpha value is -0.860. The molecule has 2 amide bonds. The first-order valence-corrected chi connectivity index (χ1v) is 8.02. The van der Waals surface area contributed by atoms with E-state index in [0.29, 0.717) is 12.3 Å². The van der Waals surface area contributed by atoms with Gasteiger partial charge in [-0.15, -0.1) is 0 Å². The molecule has 106 valence electrons. The maximum Gasteiger partial charge on any atom is 0.233 e. The molecule has 1 heterocycles. The highest BCUT2D eigenvalue weighted by atomic mass is 16.2. The third-order valence-electron chi connectivity index (χ3n) is 5.53. The number of carbonyl (C=O) groups is 2. The average molecular weight is 263 g/mol. The van der Waals surface area contributed by atoms with Crippen LogP contribution in [0.1, 0.15) is 64.7 Å². The van der Waals surface area contributed by atoms with E-state index in [2.05, 4.69) is 6.92 Å². The summed E-state index contributed by atoms with van der Waals surface area (Å²) in [6, 6.07) is 0.122. The van der Waals surface area contributed by atoms with Crippen molar-refractivity contribution in [2.24, 2.45) is 17.8 Å². The van der Waals surface area contributed by atoms with Crippen molar-refractivity contribution in [1.82, 2.24) is 4.90 Å². The summed E-state index contributed by atoms with van der Waals surface area (Å²) in [5, 5.41) is 0. The van der Waals surface area contributed by atoms with E-state index in [1.165, 1.54) is 32.1 Å². The van der Waals surface area contributed by atoms with Crippen molar-refractivity contribution in [1.29, 1.82) is 0 Å². The molecular formula is C16H25NO2. The normalized spacial score (nSPS) is 31.0. The van der Waals surface area contributed by atoms with Gasteiger partial charge in [0.2, 0.25) is 11.8 Å². The largest absolute Gasteiger partial charge is 0.280 e. The molecule has 2 saturated carbocycles. The second kappa shape index (κ2) is 5.26. The standard InChI is InChI=1S/C16H25NO2/c1-11(9-12-5-4-6-12)17-15(18)10-14(16(17)19)13-7-2-3-8-13/h11-14H,2-10H2,1H3. The summed E-state index contributed by atoms with van der Waals surface area (Å²) in [5.74, 6) is 1.48. The van der Waals surface area contributed by atoms with E-state index in [-0.39, 0.29) is 23.8 Å². The van der Waals surface area contributed by atoms with E-state index >= 15 is 0 Å². The van der Waals surface area contributed by atoms with Gasteiger partial charge in [0.1, 0.15) is 0 Å². The number of hydrogen-bond donors (Lipinski definition) is 0. The van der Waals surface area contributed by atoms with Gasteiger partial charge in [0.15, 0.2) is 0 Å². The summed E-state index contributed by atoms with van der Waals surface area (Å²) in [4.78, 5) is 26.3. The second-order valence-corrected chi connectivity index (χ2v) is 6.84. The smallest absolute Gasteiger partial charge is 0.233 e. The number of imide groups is 1. The summed E-state index contributed by atoms with van der Waals surface area (Å²) in [7, 11) is 0. The van der Waals surface area contributed by atoms with Gasteiger partial charge >= 0.3 is 0 Å². The summed E-state index contributed by atoms with van der Waals surface area (Å²) in [6.45, 7) is 2.06. The van der Waals surface area contributed by atoms with Gasteiger partial charge in [-0.25, -0.2) is 0 Å². The molecule has 19 heavy (non-hydrogen) atoms. The van der Waals surface area contributed by atoms with E-state index in [1.54, 1.807) is 4.90 Å². The lowest BCUT2D eigenvalue weighted by Gasteiger charge is -2.32. The van der Waals surface area contributed by atoms with Crippen molar-refractivity contribution in [3.05, 3.63) is 0 Å². The number of carbonyl (C=O) groups excluding carboxylic acids is 2. The average Bonchev–Trinajstić information content (AvgIpc) is 2.92. The van der Waals surface area contributed by atoms with E-state index in [4.69, 9.17) is 0 Å². The molecule has 0 radical (unpaired) electrons. The van der Waals surface area contributed by atoms with Crippen molar-refractivity contribution in [3.63, 3.8) is 0 Å². The Morgan fingerprint density at radius 2 is 1.79 bits per heavy atom. The van der Waals surface area contributed by atoms with Crippen LogP contribution in [0.2, 0.25) is 0 Å². The fraction of sp³-hybridized carbons (Fsp3) is 0.875. The first-order valence-electron chi connectivity index (χ1n) is 8.02. The van der Waals surface area contributed by atoms with E-state index in [9.17, 15) is 9.59 Å². The predicted octanol–water partition coefficient (Wildman–Crippen LogP) is 3.13. The van der Waals surface area contributed by atoms with Crippen LogP contribution in [0.5, 0.6) is 0 Å². The minimum Gasteiger partial charge on any atom is -0.280 e. The van der Waals surface area contributed by atoms with Gasteiger partial charge in [0.25, 0.3) is 0 Å². The van der Waals surface area contributed by atoms with Crippen LogP contribution in [0.15, 0.2) is 0 Å². The highest BCUT2D eigenvalue weighted by Gasteiger charge is 2.45. The first kappa shape index (κ1) is 13.1. The third kappa shape index (κ3) is 2.44. The molecule has 0 bridgehead atoms. The van der Waals surface area contributed by atoms with Crippen LogP contribution in [0.25, 0.3) is 0 Å². The molecule has 0 aromatic rings. The SMILES string of the molecule is CC(CC1CCC1)N1C(=O)CC(C2CCCC2)C1=O. The molecule has 3 nitrogen and oxygen atoms in total. The molecule has 0 N–H and O–H groups in total. The van der Waals surface area contributed by atoms with Gasteiger partial charge in [0.05, 0.1) is 5.92 Å². The fourth-order valence-corrected chi connectivity index (χ4v) is 4.18. The molecule has 3 aliphatic rings. The lowest BCUT2D eigenvalue weighted by atomic mass is 9.81. The van der Waals surface area contributed by atoms with Crippen molar-refractivity contribution >= 4 is 11.8 Å². The molecule has 0 spiro atoms. The molecule has 0 aromatic heterocycles. The summed E-state index contributed by atoms with van der Waals surface area (Å²) >= 11 is 0. The number of hydrogen-bond acceptors (Lipinski definition) is 2. The molecule has 2 atom stereocenters. The van der Waals surface area contributed by atoms with E-state index < -0.39 is 0 Å². The second-order valence-electron chi connectivity index (χ2n) is 6.84. The highest BCUT2D eigenvalue weighted by molar-refractivity contribution is 6.04. The van der Waals surface area contributed by atoms with Gasteiger partial charge in [-0.2, -0.15) is 0 Å². The molecule has 2 aliphatic carbocycles. The van der Waals surface area contributed by atoms with Crippen LogP contribution in [0.4, 0.5) is 0 Å². The molecular weight excluding hydrogens is 238 g/mol. The zero-order chi connectivity index (χ0) is 13.4. The first-order chi connectivity index (χ1) is 9.16. The van der Waals surface area contributed by atoms with Crippen molar-refractivity contribution < 1.29 is 9.59 Å². The lowest BCUT2D eigenvalue weighted by molar-refractivity contribution is -0.142. The van der Waals surface area contributed by atoms with Crippen molar-refractivity contribution in [3.8, 4) is 0 Å². The Bertz CT molecular complexity index is 369. The number of rotatable bonds is 4. The Morgan fingerprint density at radius 1 is 1.11 bits per heavy atom. The van der Waals surface area contributed by atoms with Crippen LogP contribution in [-0.2, 0) is 9.59 Å². The number of amides is 2. The van der Waals surface area contributed by atoms with Gasteiger partial charge in [-0.3, -0.25) is 14.5 Å². The Balaban J connectivity index is 1.64. The molecule has 3 fully saturated rings. The minimum atomic E-state index is 0.0128. The molecule has 1 saturated heterocycles. The minimum absolute atomic E-state index is 0.0128. The quantitative estimate of drug-likeness (QED) is 0.731. The molecule has 3 rings (SSSR count). The van der Waals surface area contributed by atoms with E-state index in [0.717, 1.165) is 25.2 Å². The summed E-state index contributed by atoms with van der Waals surface area (Å²) in [5.41, 5.74) is 0. The fourth-order valence-electron chi connectivity index (χ4n) is 4.18. The number of nitrogens with zero attached hydrogens (tertiary/aromatic N) is 1. The van der Waals surface area contributed by atoms with Gasteiger partial charge in [0, 0.05) is 12.5 Å². The zero-order valence-corrected chi connectivity index (χ0v) is 11.9. The Morgan fingerprint density at radius 3 is 2.37 bits per heavy atom. The monoisotopic (exact) mass is 263 g/mol. The topological polar surface area (TPSA) is 37.4 Å². The maximum absolute atomic E-state index is 12.5. The van der Waals surface area contributed by atoms with Gasteiger partial charge in [-0.05, 0) is 38.0 Å². The number of likely N-dealkylation sites (tertiary alicyclic amines) is 1. The van der Waals surface area contributed by atoms with Crippen LogP contribution in [-0.4, -0.2) is 22.8 Å².